The lowest BCUT2D eigenvalue weighted by molar-refractivity contribution is -0.143. The van der Waals surface area contributed by atoms with E-state index in [0.29, 0.717) is 11.8 Å². The fourth-order valence-corrected chi connectivity index (χ4v) is 4.34. The van der Waals surface area contributed by atoms with Crippen LogP contribution in [0.1, 0.15) is 131 Å². The maximum absolute atomic E-state index is 11.8. The van der Waals surface area contributed by atoms with Crippen LogP contribution < -0.4 is 0 Å². The zero-order valence-corrected chi connectivity index (χ0v) is 19.3. The number of hydrogen-bond donors (Lipinski definition) is 1. The highest BCUT2D eigenvalue weighted by Gasteiger charge is 2.24. The summed E-state index contributed by atoms with van der Waals surface area (Å²) in [7, 11) is 0. The third kappa shape index (κ3) is 16.2. The molecule has 2 heteroatoms. The number of carboxylic acids is 1. The fourth-order valence-electron chi connectivity index (χ4n) is 4.34. The van der Waals surface area contributed by atoms with Crippen LogP contribution in [-0.2, 0) is 4.79 Å². The Hall–Kier alpha value is -0.530. The molecule has 0 heterocycles. The number of rotatable bonds is 19. The summed E-state index contributed by atoms with van der Waals surface area (Å²) in [5, 5.41) is 9.70. The van der Waals surface area contributed by atoms with Gasteiger partial charge in [0.15, 0.2) is 0 Å². The summed E-state index contributed by atoms with van der Waals surface area (Å²) in [5.74, 6) is 1.29. The van der Waals surface area contributed by atoms with Gasteiger partial charge in [-0.2, -0.15) is 0 Å². The zero-order valence-electron chi connectivity index (χ0n) is 19.3. The minimum Gasteiger partial charge on any atom is -0.481 e. The van der Waals surface area contributed by atoms with E-state index in [2.05, 4.69) is 34.6 Å². The number of aliphatic carboxylic acids is 1. The SMILES string of the molecule is CCCCC(CCC)CC(CC(C)CCCCCCCCC(C)C)C(=O)O. The molecule has 0 aliphatic heterocycles. The van der Waals surface area contributed by atoms with Gasteiger partial charge in [-0.25, -0.2) is 0 Å². The van der Waals surface area contributed by atoms with E-state index in [0.717, 1.165) is 18.8 Å². The lowest BCUT2D eigenvalue weighted by Gasteiger charge is -2.23. The largest absolute Gasteiger partial charge is 0.481 e. The van der Waals surface area contributed by atoms with Gasteiger partial charge in [-0.3, -0.25) is 4.79 Å². The maximum Gasteiger partial charge on any atom is 0.306 e. The first-order valence-corrected chi connectivity index (χ1v) is 12.1. The van der Waals surface area contributed by atoms with Gasteiger partial charge in [0.2, 0.25) is 0 Å². The van der Waals surface area contributed by atoms with Crippen molar-refractivity contribution in [2.75, 3.05) is 0 Å². The first kappa shape index (κ1) is 26.5. The Kier molecular flexibility index (Phi) is 17.2. The highest BCUT2D eigenvalue weighted by Crippen LogP contribution is 2.29. The van der Waals surface area contributed by atoms with E-state index in [1.54, 1.807) is 0 Å². The van der Waals surface area contributed by atoms with E-state index in [4.69, 9.17) is 0 Å². The number of carboxylic acid groups (broad SMARTS) is 1. The van der Waals surface area contributed by atoms with Gasteiger partial charge in [-0.15, -0.1) is 0 Å². The predicted molar refractivity (Wildman–Crippen MR) is 119 cm³/mol. The number of unbranched alkanes of at least 4 members (excludes halogenated alkanes) is 6. The second kappa shape index (κ2) is 17.6. The van der Waals surface area contributed by atoms with E-state index in [9.17, 15) is 9.90 Å². The van der Waals surface area contributed by atoms with Crippen molar-refractivity contribution < 1.29 is 9.90 Å². The van der Waals surface area contributed by atoms with E-state index < -0.39 is 5.97 Å². The topological polar surface area (TPSA) is 37.3 Å². The van der Waals surface area contributed by atoms with Gasteiger partial charge in [-0.1, -0.05) is 118 Å². The van der Waals surface area contributed by atoms with E-state index >= 15 is 0 Å². The molecule has 0 amide bonds. The van der Waals surface area contributed by atoms with Crippen LogP contribution in [0.25, 0.3) is 0 Å². The monoisotopic (exact) mass is 382 g/mol. The van der Waals surface area contributed by atoms with Crippen molar-refractivity contribution in [1.29, 1.82) is 0 Å². The van der Waals surface area contributed by atoms with Crippen molar-refractivity contribution >= 4 is 5.97 Å². The fraction of sp³-hybridized carbons (Fsp3) is 0.960. The molecule has 0 rings (SSSR count). The molecule has 3 unspecified atom stereocenters. The molecular formula is C25H50O2. The summed E-state index contributed by atoms with van der Waals surface area (Å²) in [4.78, 5) is 11.8. The summed E-state index contributed by atoms with van der Waals surface area (Å²) < 4.78 is 0. The Morgan fingerprint density at radius 1 is 0.704 bits per heavy atom. The van der Waals surface area contributed by atoms with Crippen LogP contribution in [0, 0.1) is 23.7 Å². The molecule has 162 valence electrons. The van der Waals surface area contributed by atoms with Gasteiger partial charge < -0.3 is 5.11 Å². The van der Waals surface area contributed by atoms with Crippen molar-refractivity contribution in [3.05, 3.63) is 0 Å². The Bertz CT molecular complexity index is 337. The van der Waals surface area contributed by atoms with Crippen LogP contribution in [0.15, 0.2) is 0 Å². The Labute approximate surface area is 170 Å². The highest BCUT2D eigenvalue weighted by molar-refractivity contribution is 5.69. The molecule has 0 spiro atoms. The molecule has 0 saturated heterocycles. The minimum absolute atomic E-state index is 0.135. The van der Waals surface area contributed by atoms with Crippen molar-refractivity contribution in [1.82, 2.24) is 0 Å². The summed E-state index contributed by atoms with van der Waals surface area (Å²) >= 11 is 0. The van der Waals surface area contributed by atoms with Crippen molar-refractivity contribution in [3.8, 4) is 0 Å². The third-order valence-corrected chi connectivity index (χ3v) is 6.05. The quantitative estimate of drug-likeness (QED) is 0.227. The molecule has 0 fully saturated rings. The van der Waals surface area contributed by atoms with E-state index in [-0.39, 0.29) is 5.92 Å². The molecule has 0 aromatic heterocycles. The predicted octanol–water partition coefficient (Wildman–Crippen LogP) is 8.49. The molecule has 0 bridgehead atoms. The van der Waals surface area contributed by atoms with Crippen LogP contribution in [0.3, 0.4) is 0 Å². The second-order valence-electron chi connectivity index (χ2n) is 9.50. The molecule has 0 radical (unpaired) electrons. The maximum atomic E-state index is 11.8. The van der Waals surface area contributed by atoms with Crippen LogP contribution in [-0.4, -0.2) is 11.1 Å². The van der Waals surface area contributed by atoms with Crippen LogP contribution >= 0.6 is 0 Å². The smallest absolute Gasteiger partial charge is 0.306 e. The Balaban J connectivity index is 4.03. The molecule has 3 atom stereocenters. The molecule has 0 aliphatic rings. The van der Waals surface area contributed by atoms with Crippen molar-refractivity contribution in [3.63, 3.8) is 0 Å². The minimum atomic E-state index is -0.565. The van der Waals surface area contributed by atoms with Gasteiger partial charge in [-0.05, 0) is 30.6 Å². The van der Waals surface area contributed by atoms with Gasteiger partial charge in [0, 0.05) is 0 Å². The van der Waals surface area contributed by atoms with Gasteiger partial charge in [0.25, 0.3) is 0 Å². The van der Waals surface area contributed by atoms with Crippen LogP contribution in [0.5, 0.6) is 0 Å². The molecule has 0 aromatic carbocycles. The first-order valence-electron chi connectivity index (χ1n) is 12.1. The van der Waals surface area contributed by atoms with E-state index in [1.807, 2.05) is 0 Å². The summed E-state index contributed by atoms with van der Waals surface area (Å²) in [5.41, 5.74) is 0. The highest BCUT2D eigenvalue weighted by atomic mass is 16.4. The van der Waals surface area contributed by atoms with E-state index in [1.165, 1.54) is 83.5 Å². The van der Waals surface area contributed by atoms with Crippen LogP contribution in [0.4, 0.5) is 0 Å². The van der Waals surface area contributed by atoms with Crippen LogP contribution in [0.2, 0.25) is 0 Å². The van der Waals surface area contributed by atoms with Crippen molar-refractivity contribution in [2.24, 2.45) is 23.7 Å². The normalized spacial score (nSPS) is 15.0. The number of hydrogen-bond acceptors (Lipinski definition) is 1. The summed E-state index contributed by atoms with van der Waals surface area (Å²) in [6.07, 6.45) is 18.4. The standard InChI is InChI=1S/C25H50O2/c1-6-8-18-23(15-7-2)20-24(25(26)27)19-22(5)17-14-12-10-9-11-13-16-21(3)4/h21-24H,6-20H2,1-5H3,(H,26,27). The average Bonchev–Trinajstić information content (AvgIpc) is 2.61. The molecule has 0 aromatic rings. The molecule has 2 nitrogen and oxygen atoms in total. The molecule has 0 aliphatic carbocycles. The average molecular weight is 383 g/mol. The molecule has 1 N–H and O–H groups in total. The Morgan fingerprint density at radius 2 is 1.30 bits per heavy atom. The summed E-state index contributed by atoms with van der Waals surface area (Å²) in [6, 6.07) is 0. The molecule has 0 saturated carbocycles. The first-order chi connectivity index (χ1) is 12.9. The molecular weight excluding hydrogens is 332 g/mol. The number of carbonyl (C=O) groups is 1. The second-order valence-corrected chi connectivity index (χ2v) is 9.50. The van der Waals surface area contributed by atoms with Crippen molar-refractivity contribution in [2.45, 2.75) is 131 Å². The van der Waals surface area contributed by atoms with Gasteiger partial charge in [0.1, 0.15) is 0 Å². The lowest BCUT2D eigenvalue weighted by Crippen LogP contribution is -2.20. The zero-order chi connectivity index (χ0) is 20.5. The lowest BCUT2D eigenvalue weighted by atomic mass is 9.82. The Morgan fingerprint density at radius 3 is 1.81 bits per heavy atom. The third-order valence-electron chi connectivity index (χ3n) is 6.05. The van der Waals surface area contributed by atoms with Gasteiger partial charge >= 0.3 is 5.97 Å². The summed E-state index contributed by atoms with van der Waals surface area (Å²) in [6.45, 7) is 11.3. The van der Waals surface area contributed by atoms with Gasteiger partial charge in [0.05, 0.1) is 5.92 Å². The molecule has 27 heavy (non-hydrogen) atoms.